The fourth-order valence-electron chi connectivity index (χ4n) is 3.62. The monoisotopic (exact) mass is 520 g/mol. The van der Waals surface area contributed by atoms with Gasteiger partial charge < -0.3 is 14.2 Å². The average molecular weight is 521 g/mol. The molecule has 1 N–H and O–H groups in total. The lowest BCUT2D eigenvalue weighted by Gasteiger charge is -2.26. The van der Waals surface area contributed by atoms with Crippen molar-refractivity contribution in [2.75, 3.05) is 19.1 Å². The van der Waals surface area contributed by atoms with Crippen LogP contribution in [0.3, 0.4) is 0 Å². The molecule has 0 atom stereocenters. The molecule has 1 aliphatic heterocycles. The van der Waals surface area contributed by atoms with Gasteiger partial charge in [0.25, 0.3) is 11.8 Å². The number of urea groups is 1. The highest BCUT2D eigenvalue weighted by Gasteiger charge is 2.37. The van der Waals surface area contributed by atoms with Crippen LogP contribution in [0.15, 0.2) is 72.3 Å². The fraction of sp³-hybridized carbons (Fsp3) is 0.111. The number of ether oxygens (including phenoxy) is 3. The summed E-state index contributed by atoms with van der Waals surface area (Å²) in [5, 5.41) is 2.35. The van der Waals surface area contributed by atoms with Crippen molar-refractivity contribution in [1.82, 2.24) is 5.32 Å². The SMILES string of the molecule is COC(=O)c1ccc(N2C(=O)NC(=O)/C(=C\c3cc(Cl)c(OCc4ccccc4)c(OC)c3)C2=O)cc1. The maximum absolute atomic E-state index is 13.2. The van der Waals surface area contributed by atoms with Gasteiger partial charge in [0.1, 0.15) is 12.2 Å². The van der Waals surface area contributed by atoms with Crippen molar-refractivity contribution in [2.45, 2.75) is 6.61 Å². The van der Waals surface area contributed by atoms with Crippen molar-refractivity contribution >= 4 is 47.2 Å². The largest absolute Gasteiger partial charge is 0.493 e. The number of esters is 1. The van der Waals surface area contributed by atoms with Crippen LogP contribution >= 0.6 is 11.6 Å². The smallest absolute Gasteiger partial charge is 0.337 e. The molecule has 0 unspecified atom stereocenters. The normalized spacial score (nSPS) is 14.4. The lowest BCUT2D eigenvalue weighted by molar-refractivity contribution is -0.122. The van der Waals surface area contributed by atoms with Gasteiger partial charge in [-0.05, 0) is 53.6 Å². The second kappa shape index (κ2) is 11.0. The van der Waals surface area contributed by atoms with Gasteiger partial charge in [0, 0.05) is 0 Å². The summed E-state index contributed by atoms with van der Waals surface area (Å²) in [6, 6.07) is 17.3. The van der Waals surface area contributed by atoms with Gasteiger partial charge in [0.2, 0.25) is 0 Å². The first-order valence-electron chi connectivity index (χ1n) is 11.0. The molecule has 1 saturated heterocycles. The zero-order valence-electron chi connectivity index (χ0n) is 19.8. The summed E-state index contributed by atoms with van der Waals surface area (Å²) in [6.45, 7) is 0.254. The number of barbiturate groups is 1. The molecule has 9 nitrogen and oxygen atoms in total. The van der Waals surface area contributed by atoms with E-state index in [0.29, 0.717) is 17.1 Å². The highest BCUT2D eigenvalue weighted by molar-refractivity contribution is 6.39. The van der Waals surface area contributed by atoms with Gasteiger partial charge in [-0.25, -0.2) is 14.5 Å². The Bertz CT molecular complexity index is 1400. The van der Waals surface area contributed by atoms with E-state index in [1.54, 1.807) is 6.07 Å². The summed E-state index contributed by atoms with van der Waals surface area (Å²) in [6.07, 6.45) is 1.30. The topological polar surface area (TPSA) is 111 Å². The number of hydrogen-bond donors (Lipinski definition) is 1. The molecule has 3 aromatic rings. The standard InChI is InChI=1S/C27H21ClN2O7/c1-35-22-14-17(13-21(28)23(22)37-15-16-6-4-3-5-7-16)12-20-24(31)29-27(34)30(25(20)32)19-10-8-18(9-11-19)26(33)36-2/h3-14H,15H2,1-2H3,(H,29,31,34)/b20-12+. The minimum atomic E-state index is -0.918. The van der Waals surface area contributed by atoms with Crippen LogP contribution < -0.4 is 19.7 Å². The van der Waals surface area contributed by atoms with Crippen molar-refractivity contribution in [2.24, 2.45) is 0 Å². The van der Waals surface area contributed by atoms with E-state index in [2.05, 4.69) is 10.1 Å². The Kier molecular flexibility index (Phi) is 7.55. The Hall–Kier alpha value is -4.63. The van der Waals surface area contributed by atoms with Crippen molar-refractivity contribution in [3.63, 3.8) is 0 Å². The van der Waals surface area contributed by atoms with Crippen LogP contribution in [0.5, 0.6) is 11.5 Å². The van der Waals surface area contributed by atoms with E-state index in [0.717, 1.165) is 10.5 Å². The van der Waals surface area contributed by atoms with E-state index in [-0.39, 0.29) is 28.5 Å². The number of halogens is 1. The number of carbonyl (C=O) groups is 4. The first-order valence-corrected chi connectivity index (χ1v) is 11.3. The van der Waals surface area contributed by atoms with Gasteiger partial charge in [-0.1, -0.05) is 41.9 Å². The van der Waals surface area contributed by atoms with Gasteiger partial charge >= 0.3 is 12.0 Å². The van der Waals surface area contributed by atoms with Crippen molar-refractivity contribution in [3.8, 4) is 11.5 Å². The predicted octanol–water partition coefficient (Wildman–Crippen LogP) is 4.38. The number of nitrogens with zero attached hydrogens (tertiary/aromatic N) is 1. The highest BCUT2D eigenvalue weighted by atomic mass is 35.5. The average Bonchev–Trinajstić information content (AvgIpc) is 2.90. The van der Waals surface area contributed by atoms with Gasteiger partial charge in [-0.2, -0.15) is 0 Å². The summed E-state index contributed by atoms with van der Waals surface area (Å²) < 4.78 is 15.9. The molecule has 3 aromatic carbocycles. The van der Waals surface area contributed by atoms with E-state index in [4.69, 9.17) is 21.1 Å². The number of hydrogen-bond acceptors (Lipinski definition) is 7. The van der Waals surface area contributed by atoms with Gasteiger partial charge in [-0.3, -0.25) is 14.9 Å². The summed E-state index contributed by atoms with van der Waals surface area (Å²) in [5.74, 6) is -1.68. The molecular weight excluding hydrogens is 500 g/mol. The minimum Gasteiger partial charge on any atom is -0.493 e. The predicted molar refractivity (Wildman–Crippen MR) is 136 cm³/mol. The molecule has 37 heavy (non-hydrogen) atoms. The van der Waals surface area contributed by atoms with Crippen LogP contribution in [0, 0.1) is 0 Å². The third-order valence-electron chi connectivity index (χ3n) is 5.44. The Labute approximate surface area is 217 Å². The number of anilines is 1. The molecule has 0 spiro atoms. The van der Waals surface area contributed by atoms with Gasteiger partial charge in [0.05, 0.1) is 30.5 Å². The molecule has 1 heterocycles. The third-order valence-corrected chi connectivity index (χ3v) is 5.72. The van der Waals surface area contributed by atoms with E-state index < -0.39 is 23.8 Å². The summed E-state index contributed by atoms with van der Waals surface area (Å²) in [7, 11) is 2.68. The lowest BCUT2D eigenvalue weighted by Crippen LogP contribution is -2.54. The number of carbonyl (C=O) groups excluding carboxylic acids is 4. The molecule has 0 bridgehead atoms. The summed E-state index contributed by atoms with van der Waals surface area (Å²) in [4.78, 5) is 50.7. The van der Waals surface area contributed by atoms with Crippen molar-refractivity contribution < 1.29 is 33.4 Å². The molecule has 0 radical (unpaired) electrons. The molecule has 4 rings (SSSR count). The second-order valence-electron chi connectivity index (χ2n) is 7.80. The number of imide groups is 2. The molecule has 1 fully saturated rings. The quantitative estimate of drug-likeness (QED) is 0.279. The van der Waals surface area contributed by atoms with Crippen LogP contribution in [0.4, 0.5) is 10.5 Å². The Morgan fingerprint density at radius 1 is 1.00 bits per heavy atom. The van der Waals surface area contributed by atoms with Crippen LogP contribution in [0.2, 0.25) is 5.02 Å². The molecule has 0 aliphatic carbocycles. The molecular formula is C27H21ClN2O7. The van der Waals surface area contributed by atoms with E-state index in [1.807, 2.05) is 30.3 Å². The van der Waals surface area contributed by atoms with Crippen molar-refractivity contribution in [1.29, 1.82) is 0 Å². The van der Waals surface area contributed by atoms with Crippen molar-refractivity contribution in [3.05, 3.63) is 94.0 Å². The number of nitrogens with one attached hydrogen (secondary N) is 1. The third kappa shape index (κ3) is 5.46. The van der Waals surface area contributed by atoms with Crippen LogP contribution in [0.1, 0.15) is 21.5 Å². The van der Waals surface area contributed by atoms with Crippen LogP contribution in [0.25, 0.3) is 6.08 Å². The molecule has 0 saturated carbocycles. The maximum atomic E-state index is 13.2. The first-order chi connectivity index (χ1) is 17.8. The summed E-state index contributed by atoms with van der Waals surface area (Å²) >= 11 is 6.45. The number of rotatable bonds is 7. The molecule has 1 aliphatic rings. The fourth-order valence-corrected chi connectivity index (χ4v) is 3.89. The molecule has 188 valence electrons. The molecule has 10 heteroatoms. The Balaban J connectivity index is 1.62. The van der Waals surface area contributed by atoms with Crippen LogP contribution in [-0.2, 0) is 20.9 Å². The second-order valence-corrected chi connectivity index (χ2v) is 8.21. The zero-order chi connectivity index (χ0) is 26.5. The molecule has 0 aromatic heterocycles. The number of amides is 4. The van der Waals surface area contributed by atoms with E-state index in [9.17, 15) is 19.2 Å². The van der Waals surface area contributed by atoms with E-state index in [1.165, 1.54) is 50.6 Å². The zero-order valence-corrected chi connectivity index (χ0v) is 20.6. The maximum Gasteiger partial charge on any atom is 0.337 e. The number of methoxy groups -OCH3 is 2. The number of benzene rings is 3. The molecule has 4 amide bonds. The van der Waals surface area contributed by atoms with Gasteiger partial charge in [0.15, 0.2) is 11.5 Å². The highest BCUT2D eigenvalue weighted by Crippen LogP contribution is 2.38. The Morgan fingerprint density at radius 2 is 1.70 bits per heavy atom. The van der Waals surface area contributed by atoms with Crippen LogP contribution in [-0.4, -0.2) is 38.0 Å². The lowest BCUT2D eigenvalue weighted by atomic mass is 10.1. The van der Waals surface area contributed by atoms with E-state index >= 15 is 0 Å². The first kappa shape index (κ1) is 25.5. The Morgan fingerprint density at radius 3 is 2.35 bits per heavy atom. The summed E-state index contributed by atoms with van der Waals surface area (Å²) in [5.41, 5.74) is 1.41. The van der Waals surface area contributed by atoms with Gasteiger partial charge in [-0.15, -0.1) is 0 Å². The minimum absolute atomic E-state index is 0.161.